The fourth-order valence-corrected chi connectivity index (χ4v) is 0.663. The fraction of sp³-hybridized carbons (Fsp3) is 0.571. The van der Waals surface area contributed by atoms with Crippen LogP contribution in [0.4, 0.5) is 13.2 Å². The minimum Gasteiger partial charge on any atom is -0.324 e. The molecule has 0 aromatic carbocycles. The zero-order chi connectivity index (χ0) is 10.6. The van der Waals surface area contributed by atoms with Crippen molar-refractivity contribution in [3.05, 3.63) is 11.8 Å². The molecule has 0 radical (unpaired) electrons. The standard InChI is InChI=1S/C7H11F3N2O/c1-5(11-12(2)3)4-6(13)7(8,9)10/h4,11H,1-3H3/b5-4-. The topological polar surface area (TPSA) is 32.3 Å². The van der Waals surface area contributed by atoms with Crippen LogP contribution in [-0.2, 0) is 4.79 Å². The molecule has 0 bridgehead atoms. The van der Waals surface area contributed by atoms with E-state index < -0.39 is 12.0 Å². The lowest BCUT2D eigenvalue weighted by atomic mass is 10.3. The second kappa shape index (κ2) is 4.27. The van der Waals surface area contributed by atoms with Crippen LogP contribution in [0.3, 0.4) is 0 Å². The number of hydrazine groups is 1. The number of carbonyl (C=O) groups excluding carboxylic acids is 1. The Kier molecular flexibility index (Phi) is 3.93. The van der Waals surface area contributed by atoms with E-state index in [2.05, 4.69) is 5.43 Å². The summed E-state index contributed by atoms with van der Waals surface area (Å²) in [4.78, 5) is 10.4. The fourth-order valence-electron chi connectivity index (χ4n) is 0.663. The Hall–Kier alpha value is -1.04. The summed E-state index contributed by atoms with van der Waals surface area (Å²) in [5.74, 6) is -1.86. The highest BCUT2D eigenvalue weighted by atomic mass is 19.4. The molecule has 1 N–H and O–H groups in total. The first-order valence-corrected chi connectivity index (χ1v) is 3.47. The first-order chi connectivity index (χ1) is 5.73. The smallest absolute Gasteiger partial charge is 0.324 e. The highest BCUT2D eigenvalue weighted by Gasteiger charge is 2.36. The molecule has 0 spiro atoms. The SMILES string of the molecule is C/C(=C/C(=O)C(F)(F)F)NN(C)C. The van der Waals surface area contributed by atoms with Crippen LogP contribution >= 0.6 is 0 Å². The van der Waals surface area contributed by atoms with Crippen molar-refractivity contribution in [1.29, 1.82) is 0 Å². The summed E-state index contributed by atoms with van der Waals surface area (Å²) in [5.41, 5.74) is 2.66. The molecule has 0 fully saturated rings. The minimum absolute atomic E-state index is 0.146. The van der Waals surface area contributed by atoms with Gasteiger partial charge in [0, 0.05) is 25.9 Å². The van der Waals surface area contributed by atoms with E-state index in [1.807, 2.05) is 0 Å². The summed E-state index contributed by atoms with van der Waals surface area (Å²) in [6.45, 7) is 1.38. The number of carbonyl (C=O) groups is 1. The third-order valence-electron chi connectivity index (χ3n) is 1.03. The van der Waals surface area contributed by atoms with Gasteiger partial charge >= 0.3 is 6.18 Å². The number of hydrogen-bond donors (Lipinski definition) is 1. The van der Waals surface area contributed by atoms with E-state index in [9.17, 15) is 18.0 Å². The van der Waals surface area contributed by atoms with Gasteiger partial charge in [0.05, 0.1) is 0 Å². The van der Waals surface area contributed by atoms with Crippen molar-refractivity contribution in [3.63, 3.8) is 0 Å². The van der Waals surface area contributed by atoms with Gasteiger partial charge in [0.2, 0.25) is 0 Å². The maximum Gasteiger partial charge on any atom is 0.454 e. The molecule has 0 unspecified atom stereocenters. The predicted octanol–water partition coefficient (Wildman–Crippen LogP) is 1.09. The molecule has 0 aromatic rings. The highest BCUT2D eigenvalue weighted by molar-refractivity contribution is 5.94. The van der Waals surface area contributed by atoms with Gasteiger partial charge in [0.15, 0.2) is 0 Å². The van der Waals surface area contributed by atoms with Crippen molar-refractivity contribution >= 4 is 5.78 Å². The third-order valence-corrected chi connectivity index (χ3v) is 1.03. The van der Waals surface area contributed by atoms with Crippen molar-refractivity contribution in [1.82, 2.24) is 10.4 Å². The lowest BCUT2D eigenvalue weighted by Crippen LogP contribution is -2.30. The van der Waals surface area contributed by atoms with Crippen LogP contribution in [-0.4, -0.2) is 31.1 Å². The Labute approximate surface area is 74.2 Å². The zero-order valence-electron chi connectivity index (χ0n) is 7.57. The number of hydrogen-bond acceptors (Lipinski definition) is 3. The Morgan fingerprint density at radius 1 is 1.38 bits per heavy atom. The van der Waals surface area contributed by atoms with Crippen molar-refractivity contribution in [3.8, 4) is 0 Å². The lowest BCUT2D eigenvalue weighted by molar-refractivity contribution is -0.165. The van der Waals surface area contributed by atoms with Gasteiger partial charge in [-0.15, -0.1) is 0 Å². The van der Waals surface area contributed by atoms with E-state index in [1.54, 1.807) is 14.1 Å². The van der Waals surface area contributed by atoms with Crippen LogP contribution in [0.15, 0.2) is 11.8 Å². The lowest BCUT2D eigenvalue weighted by Gasteiger charge is -2.13. The molecule has 0 atom stereocenters. The van der Waals surface area contributed by atoms with Gasteiger partial charge in [-0.2, -0.15) is 13.2 Å². The van der Waals surface area contributed by atoms with Crippen LogP contribution in [0.1, 0.15) is 6.92 Å². The van der Waals surface area contributed by atoms with E-state index in [4.69, 9.17) is 0 Å². The Bertz CT molecular complexity index is 220. The average Bonchev–Trinajstić information content (AvgIpc) is 1.82. The molecule has 0 amide bonds. The molecule has 0 rings (SSSR count). The predicted molar refractivity (Wildman–Crippen MR) is 41.6 cm³/mol. The van der Waals surface area contributed by atoms with Gasteiger partial charge in [0.25, 0.3) is 5.78 Å². The minimum atomic E-state index is -4.80. The monoisotopic (exact) mass is 196 g/mol. The molecule has 0 aliphatic rings. The van der Waals surface area contributed by atoms with Gasteiger partial charge < -0.3 is 5.43 Å². The molecular formula is C7H11F3N2O. The Balaban J connectivity index is 4.32. The first-order valence-electron chi connectivity index (χ1n) is 3.47. The number of alkyl halides is 3. The largest absolute Gasteiger partial charge is 0.454 e. The number of ketones is 1. The van der Waals surface area contributed by atoms with Gasteiger partial charge in [-0.25, -0.2) is 5.01 Å². The van der Waals surface area contributed by atoms with E-state index >= 15 is 0 Å². The summed E-state index contributed by atoms with van der Waals surface area (Å²) in [5, 5.41) is 1.44. The highest BCUT2D eigenvalue weighted by Crippen LogP contribution is 2.16. The van der Waals surface area contributed by atoms with Gasteiger partial charge in [-0.05, 0) is 6.92 Å². The van der Waals surface area contributed by atoms with Crippen LogP contribution < -0.4 is 5.43 Å². The second-order valence-electron chi connectivity index (χ2n) is 2.70. The van der Waals surface area contributed by atoms with Gasteiger partial charge in [0.1, 0.15) is 0 Å². The Morgan fingerprint density at radius 2 is 1.85 bits per heavy atom. The molecule has 0 aliphatic carbocycles. The summed E-state index contributed by atoms with van der Waals surface area (Å²) < 4.78 is 35.1. The molecule has 6 heteroatoms. The maximum absolute atomic E-state index is 11.7. The number of nitrogens with zero attached hydrogens (tertiary/aromatic N) is 1. The second-order valence-corrected chi connectivity index (χ2v) is 2.70. The van der Waals surface area contributed by atoms with E-state index in [0.717, 1.165) is 0 Å². The van der Waals surface area contributed by atoms with E-state index in [0.29, 0.717) is 6.08 Å². The van der Waals surface area contributed by atoms with Gasteiger partial charge in [-0.3, -0.25) is 4.79 Å². The number of rotatable bonds is 3. The summed E-state index contributed by atoms with van der Waals surface area (Å²) >= 11 is 0. The van der Waals surface area contributed by atoms with E-state index in [-0.39, 0.29) is 5.70 Å². The molecule has 76 valence electrons. The molecule has 0 aromatic heterocycles. The summed E-state index contributed by atoms with van der Waals surface area (Å²) in [7, 11) is 3.21. The normalized spacial score (nSPS) is 13.3. The third kappa shape index (κ3) is 5.24. The van der Waals surface area contributed by atoms with Gasteiger partial charge in [-0.1, -0.05) is 0 Å². The van der Waals surface area contributed by atoms with E-state index in [1.165, 1.54) is 11.9 Å². The van der Waals surface area contributed by atoms with Crippen LogP contribution in [0.25, 0.3) is 0 Å². The molecule has 3 nitrogen and oxygen atoms in total. The van der Waals surface area contributed by atoms with Crippen molar-refractivity contribution in [2.75, 3.05) is 14.1 Å². The van der Waals surface area contributed by atoms with Crippen LogP contribution in [0, 0.1) is 0 Å². The summed E-state index contributed by atoms with van der Waals surface area (Å²) in [6.07, 6.45) is -4.28. The number of halogens is 3. The Morgan fingerprint density at radius 3 is 2.15 bits per heavy atom. The molecule has 0 heterocycles. The molecule has 0 saturated carbocycles. The summed E-state index contributed by atoms with van der Waals surface area (Å²) in [6, 6.07) is 0. The molecule has 0 aliphatic heterocycles. The zero-order valence-corrected chi connectivity index (χ0v) is 7.57. The van der Waals surface area contributed by atoms with Crippen molar-refractivity contribution < 1.29 is 18.0 Å². The number of allylic oxidation sites excluding steroid dienone is 2. The molecule has 0 saturated heterocycles. The molecule has 13 heavy (non-hydrogen) atoms. The molecular weight excluding hydrogens is 185 g/mol. The maximum atomic E-state index is 11.7. The van der Waals surface area contributed by atoms with Crippen molar-refractivity contribution in [2.45, 2.75) is 13.1 Å². The average molecular weight is 196 g/mol. The number of nitrogens with one attached hydrogen (secondary N) is 1. The van der Waals surface area contributed by atoms with Crippen LogP contribution in [0.5, 0.6) is 0 Å². The first kappa shape index (κ1) is 12.0. The quantitative estimate of drug-likeness (QED) is 0.541. The van der Waals surface area contributed by atoms with Crippen LogP contribution in [0.2, 0.25) is 0 Å². The van der Waals surface area contributed by atoms with Crippen molar-refractivity contribution in [2.24, 2.45) is 0 Å².